The highest BCUT2D eigenvalue weighted by molar-refractivity contribution is 7.07. The molecule has 5 heteroatoms. The SMILES string of the molecule is CCOc1ccc(-c2csc(=Nc3ccccc3)n2C(=O)c2ccccc2)cc1. The van der Waals surface area contributed by atoms with Crippen molar-refractivity contribution >= 4 is 22.9 Å². The first-order valence-corrected chi connectivity index (χ1v) is 10.3. The van der Waals surface area contributed by atoms with Crippen LogP contribution in [0.15, 0.2) is 95.3 Å². The van der Waals surface area contributed by atoms with E-state index < -0.39 is 0 Å². The number of carbonyl (C=O) groups is 1. The van der Waals surface area contributed by atoms with E-state index in [9.17, 15) is 4.79 Å². The molecule has 0 radical (unpaired) electrons. The molecule has 0 N–H and O–H groups in total. The van der Waals surface area contributed by atoms with Crippen LogP contribution in [0.1, 0.15) is 17.3 Å². The van der Waals surface area contributed by atoms with Crippen molar-refractivity contribution in [3.05, 3.63) is 101 Å². The van der Waals surface area contributed by atoms with Gasteiger partial charge in [-0.3, -0.25) is 9.36 Å². The smallest absolute Gasteiger partial charge is 0.264 e. The normalized spacial score (nSPS) is 11.4. The van der Waals surface area contributed by atoms with Crippen molar-refractivity contribution in [2.45, 2.75) is 6.92 Å². The predicted molar refractivity (Wildman–Crippen MR) is 117 cm³/mol. The molecule has 0 bridgehead atoms. The summed E-state index contributed by atoms with van der Waals surface area (Å²) in [6, 6.07) is 26.7. The third-order valence-electron chi connectivity index (χ3n) is 4.37. The second kappa shape index (κ2) is 8.71. The van der Waals surface area contributed by atoms with Gasteiger partial charge in [0.15, 0.2) is 4.80 Å². The van der Waals surface area contributed by atoms with Crippen LogP contribution in [-0.4, -0.2) is 17.1 Å². The van der Waals surface area contributed by atoms with Gasteiger partial charge in [-0.25, -0.2) is 4.99 Å². The summed E-state index contributed by atoms with van der Waals surface area (Å²) < 4.78 is 7.22. The molecule has 0 aliphatic heterocycles. The van der Waals surface area contributed by atoms with Gasteiger partial charge < -0.3 is 4.74 Å². The van der Waals surface area contributed by atoms with E-state index in [4.69, 9.17) is 9.73 Å². The fourth-order valence-corrected chi connectivity index (χ4v) is 3.90. The molecular formula is C24H20N2O2S. The van der Waals surface area contributed by atoms with Crippen LogP contribution in [0.5, 0.6) is 5.75 Å². The van der Waals surface area contributed by atoms with Crippen molar-refractivity contribution in [1.82, 2.24) is 4.57 Å². The van der Waals surface area contributed by atoms with Crippen molar-refractivity contribution in [2.75, 3.05) is 6.61 Å². The molecule has 0 saturated heterocycles. The van der Waals surface area contributed by atoms with Crippen LogP contribution >= 0.6 is 11.3 Å². The van der Waals surface area contributed by atoms with Gasteiger partial charge in [-0.2, -0.15) is 0 Å². The standard InChI is InChI=1S/C24H20N2O2S/c1-2-28-21-15-13-18(14-16-21)22-17-29-24(25-20-11-7-4-8-12-20)26(22)23(27)19-9-5-3-6-10-19/h3-17H,2H2,1H3. The van der Waals surface area contributed by atoms with Gasteiger partial charge in [-0.1, -0.05) is 36.4 Å². The average Bonchev–Trinajstić information content (AvgIpc) is 3.19. The number of rotatable bonds is 5. The zero-order valence-electron chi connectivity index (χ0n) is 16.0. The zero-order valence-corrected chi connectivity index (χ0v) is 16.8. The molecule has 0 unspecified atom stereocenters. The highest BCUT2D eigenvalue weighted by atomic mass is 32.1. The second-order valence-corrected chi connectivity index (χ2v) is 7.15. The van der Waals surface area contributed by atoms with E-state index in [2.05, 4.69) is 0 Å². The van der Waals surface area contributed by atoms with E-state index in [-0.39, 0.29) is 5.91 Å². The number of carbonyl (C=O) groups excluding carboxylic acids is 1. The van der Waals surface area contributed by atoms with Crippen molar-refractivity contribution in [1.29, 1.82) is 0 Å². The van der Waals surface area contributed by atoms with E-state index in [1.54, 1.807) is 4.57 Å². The highest BCUT2D eigenvalue weighted by Gasteiger charge is 2.16. The third-order valence-corrected chi connectivity index (χ3v) is 5.20. The van der Waals surface area contributed by atoms with Gasteiger partial charge in [0.05, 0.1) is 18.0 Å². The maximum absolute atomic E-state index is 13.4. The third kappa shape index (κ3) is 4.20. The van der Waals surface area contributed by atoms with Gasteiger partial charge in [0.25, 0.3) is 5.91 Å². The molecule has 4 aromatic rings. The molecule has 3 aromatic carbocycles. The summed E-state index contributed by atoms with van der Waals surface area (Å²) in [6.07, 6.45) is 0. The second-order valence-electron chi connectivity index (χ2n) is 6.31. The van der Waals surface area contributed by atoms with E-state index >= 15 is 0 Å². The monoisotopic (exact) mass is 400 g/mol. The van der Waals surface area contributed by atoms with Crippen molar-refractivity contribution in [3.8, 4) is 17.0 Å². The first-order chi connectivity index (χ1) is 14.3. The predicted octanol–water partition coefficient (Wildman–Crippen LogP) is 5.54. The molecule has 0 spiro atoms. The molecule has 0 aliphatic rings. The topological polar surface area (TPSA) is 43.6 Å². The Bertz CT molecular complexity index is 1160. The lowest BCUT2D eigenvalue weighted by molar-refractivity contribution is 0.0959. The van der Waals surface area contributed by atoms with Crippen LogP contribution in [0.4, 0.5) is 5.69 Å². The first-order valence-electron chi connectivity index (χ1n) is 9.39. The lowest BCUT2D eigenvalue weighted by Crippen LogP contribution is -2.24. The van der Waals surface area contributed by atoms with E-state index in [0.717, 1.165) is 22.7 Å². The number of thiazole rings is 1. The van der Waals surface area contributed by atoms with Gasteiger partial charge in [-0.15, -0.1) is 11.3 Å². The van der Waals surface area contributed by atoms with Crippen LogP contribution < -0.4 is 9.54 Å². The lowest BCUT2D eigenvalue weighted by atomic mass is 10.1. The number of nitrogens with zero attached hydrogens (tertiary/aromatic N) is 2. The Balaban J connectivity index is 1.86. The van der Waals surface area contributed by atoms with Gasteiger partial charge in [0.1, 0.15) is 5.75 Å². The number of hydrogen-bond acceptors (Lipinski definition) is 4. The first kappa shape index (κ1) is 18.9. The van der Waals surface area contributed by atoms with Crippen LogP contribution in [0, 0.1) is 0 Å². The van der Waals surface area contributed by atoms with Crippen LogP contribution in [0.3, 0.4) is 0 Å². The molecule has 1 heterocycles. The molecule has 4 nitrogen and oxygen atoms in total. The maximum Gasteiger partial charge on any atom is 0.264 e. The Hall–Kier alpha value is -3.44. The molecular weight excluding hydrogens is 380 g/mol. The quantitative estimate of drug-likeness (QED) is 0.442. The molecule has 29 heavy (non-hydrogen) atoms. The van der Waals surface area contributed by atoms with Gasteiger partial charge >= 0.3 is 0 Å². The summed E-state index contributed by atoms with van der Waals surface area (Å²) in [6.45, 7) is 2.57. The Labute approximate surface area is 173 Å². The molecule has 144 valence electrons. The summed E-state index contributed by atoms with van der Waals surface area (Å²) in [5, 5.41) is 1.97. The highest BCUT2D eigenvalue weighted by Crippen LogP contribution is 2.24. The summed E-state index contributed by atoms with van der Waals surface area (Å²) >= 11 is 1.45. The Morgan fingerprint density at radius 1 is 0.931 bits per heavy atom. The summed E-state index contributed by atoms with van der Waals surface area (Å²) in [4.78, 5) is 18.7. The minimum atomic E-state index is -0.106. The van der Waals surface area contributed by atoms with Gasteiger partial charge in [0.2, 0.25) is 0 Å². The van der Waals surface area contributed by atoms with Crippen molar-refractivity contribution in [2.24, 2.45) is 4.99 Å². The van der Waals surface area contributed by atoms with Crippen LogP contribution in [0.2, 0.25) is 0 Å². The van der Waals surface area contributed by atoms with Gasteiger partial charge in [-0.05, 0) is 61.0 Å². The molecule has 0 atom stereocenters. The van der Waals surface area contributed by atoms with Crippen molar-refractivity contribution < 1.29 is 9.53 Å². The van der Waals surface area contributed by atoms with E-state index in [0.29, 0.717) is 17.0 Å². The Morgan fingerprint density at radius 3 is 2.24 bits per heavy atom. The van der Waals surface area contributed by atoms with Crippen LogP contribution in [0.25, 0.3) is 11.3 Å². The minimum Gasteiger partial charge on any atom is -0.494 e. The van der Waals surface area contributed by atoms with Crippen LogP contribution in [-0.2, 0) is 0 Å². The molecule has 1 aromatic heterocycles. The molecule has 0 aliphatic carbocycles. The fourth-order valence-electron chi connectivity index (χ4n) is 3.00. The summed E-state index contributed by atoms with van der Waals surface area (Å²) in [5.41, 5.74) is 3.17. The molecule has 4 rings (SSSR count). The number of hydrogen-bond donors (Lipinski definition) is 0. The lowest BCUT2D eigenvalue weighted by Gasteiger charge is -2.09. The molecule has 0 amide bonds. The molecule has 0 saturated carbocycles. The largest absolute Gasteiger partial charge is 0.494 e. The summed E-state index contributed by atoms with van der Waals surface area (Å²) in [5.74, 6) is 0.701. The number of aromatic nitrogens is 1. The Kier molecular flexibility index (Phi) is 5.68. The number of ether oxygens (including phenoxy) is 1. The number of para-hydroxylation sites is 1. The van der Waals surface area contributed by atoms with E-state index in [1.807, 2.05) is 97.2 Å². The summed E-state index contributed by atoms with van der Waals surface area (Å²) in [7, 11) is 0. The number of benzene rings is 3. The van der Waals surface area contributed by atoms with E-state index in [1.165, 1.54) is 11.3 Å². The maximum atomic E-state index is 13.4. The average molecular weight is 401 g/mol. The van der Waals surface area contributed by atoms with Gasteiger partial charge in [0, 0.05) is 10.9 Å². The Morgan fingerprint density at radius 2 is 1.59 bits per heavy atom. The zero-order chi connectivity index (χ0) is 20.1. The minimum absolute atomic E-state index is 0.106. The van der Waals surface area contributed by atoms with Crippen molar-refractivity contribution in [3.63, 3.8) is 0 Å². The molecule has 0 fully saturated rings. The fraction of sp³-hybridized carbons (Fsp3) is 0.0833.